The number of anilines is 1. The highest BCUT2D eigenvalue weighted by Crippen LogP contribution is 2.25. The van der Waals surface area contributed by atoms with Gasteiger partial charge in [0.15, 0.2) is 5.13 Å². The summed E-state index contributed by atoms with van der Waals surface area (Å²) in [5, 5.41) is 9.68. The van der Waals surface area contributed by atoms with E-state index in [0.29, 0.717) is 17.4 Å². The molecule has 0 atom stereocenters. The molecule has 0 aliphatic rings. The second-order valence-corrected chi connectivity index (χ2v) is 7.09. The number of carbonyl (C=O) groups excluding carboxylic acids is 1. The van der Waals surface area contributed by atoms with E-state index >= 15 is 0 Å². The zero-order valence-corrected chi connectivity index (χ0v) is 15.7. The second kappa shape index (κ2) is 6.79. The van der Waals surface area contributed by atoms with E-state index in [2.05, 4.69) is 38.0 Å². The standard InChI is InChI=1S/C16H15IN4OS/c1-3-21-14(8-10(2)20-21)15(22)19-16-18-13(9-23-16)11-4-6-12(17)7-5-11/h4-9H,3H2,1-2H3,(H,18,19,22). The molecule has 1 aromatic carbocycles. The predicted octanol–water partition coefficient (Wildman–Crippen LogP) is 4.19. The summed E-state index contributed by atoms with van der Waals surface area (Å²) in [6, 6.07) is 9.91. The lowest BCUT2D eigenvalue weighted by Crippen LogP contribution is -2.17. The van der Waals surface area contributed by atoms with Gasteiger partial charge in [-0.2, -0.15) is 5.10 Å². The molecule has 0 unspecified atom stereocenters. The molecule has 23 heavy (non-hydrogen) atoms. The number of nitrogens with one attached hydrogen (secondary N) is 1. The van der Waals surface area contributed by atoms with Gasteiger partial charge in [-0.25, -0.2) is 4.98 Å². The van der Waals surface area contributed by atoms with Gasteiger partial charge in [-0.3, -0.25) is 14.8 Å². The molecule has 0 radical (unpaired) electrons. The highest BCUT2D eigenvalue weighted by Gasteiger charge is 2.15. The maximum atomic E-state index is 12.4. The summed E-state index contributed by atoms with van der Waals surface area (Å²) in [5.74, 6) is -0.184. The van der Waals surface area contributed by atoms with Crippen molar-refractivity contribution in [2.24, 2.45) is 0 Å². The Hall–Kier alpha value is -1.74. The van der Waals surface area contributed by atoms with Crippen molar-refractivity contribution in [3.8, 4) is 11.3 Å². The number of aryl methyl sites for hydroxylation is 2. The Morgan fingerprint density at radius 2 is 2.09 bits per heavy atom. The minimum Gasteiger partial charge on any atom is -0.296 e. The highest BCUT2D eigenvalue weighted by molar-refractivity contribution is 14.1. The first-order valence-corrected chi connectivity index (χ1v) is 9.10. The van der Waals surface area contributed by atoms with Crippen LogP contribution in [0.1, 0.15) is 23.1 Å². The van der Waals surface area contributed by atoms with Gasteiger partial charge in [-0.15, -0.1) is 11.3 Å². The fourth-order valence-electron chi connectivity index (χ4n) is 2.21. The Kier molecular flexibility index (Phi) is 4.76. The molecule has 5 nitrogen and oxygen atoms in total. The molecule has 0 saturated carbocycles. The fraction of sp³-hybridized carbons (Fsp3) is 0.188. The first-order chi connectivity index (χ1) is 11.1. The number of hydrogen-bond donors (Lipinski definition) is 1. The van der Waals surface area contributed by atoms with E-state index in [4.69, 9.17) is 0 Å². The second-order valence-electron chi connectivity index (χ2n) is 4.99. The number of halogens is 1. The lowest BCUT2D eigenvalue weighted by Gasteiger charge is -2.03. The predicted molar refractivity (Wildman–Crippen MR) is 101 cm³/mol. The number of rotatable bonds is 4. The molecule has 0 bridgehead atoms. The van der Waals surface area contributed by atoms with E-state index in [9.17, 15) is 4.79 Å². The van der Waals surface area contributed by atoms with Crippen LogP contribution in [0, 0.1) is 10.5 Å². The molecule has 1 N–H and O–H groups in total. The SMILES string of the molecule is CCn1nc(C)cc1C(=O)Nc1nc(-c2ccc(I)cc2)cs1. The normalized spacial score (nSPS) is 10.7. The van der Waals surface area contributed by atoms with E-state index in [0.717, 1.165) is 17.0 Å². The van der Waals surface area contributed by atoms with Gasteiger partial charge < -0.3 is 0 Å². The number of hydrogen-bond acceptors (Lipinski definition) is 4. The lowest BCUT2D eigenvalue weighted by molar-refractivity contribution is 0.101. The van der Waals surface area contributed by atoms with Gasteiger partial charge in [0.05, 0.1) is 11.4 Å². The Bertz CT molecular complexity index is 838. The number of carbonyl (C=O) groups is 1. The average Bonchev–Trinajstić information content (AvgIpc) is 3.14. The van der Waals surface area contributed by atoms with Crippen LogP contribution in [0.2, 0.25) is 0 Å². The van der Waals surface area contributed by atoms with Gasteiger partial charge in [-0.05, 0) is 54.6 Å². The van der Waals surface area contributed by atoms with E-state index in [-0.39, 0.29) is 5.91 Å². The van der Waals surface area contributed by atoms with Gasteiger partial charge in [0.2, 0.25) is 0 Å². The van der Waals surface area contributed by atoms with Crippen molar-refractivity contribution in [1.29, 1.82) is 0 Å². The summed E-state index contributed by atoms with van der Waals surface area (Å²) < 4.78 is 2.87. The minimum atomic E-state index is -0.184. The third-order valence-corrected chi connectivity index (χ3v) is 4.78. The average molecular weight is 438 g/mol. The van der Waals surface area contributed by atoms with Crippen molar-refractivity contribution in [2.45, 2.75) is 20.4 Å². The summed E-state index contributed by atoms with van der Waals surface area (Å²) in [6.45, 7) is 4.49. The third-order valence-electron chi connectivity index (χ3n) is 3.30. The number of thiazole rings is 1. The molecule has 2 heterocycles. The Morgan fingerprint density at radius 3 is 2.78 bits per heavy atom. The molecule has 118 valence electrons. The third kappa shape index (κ3) is 3.61. The summed E-state index contributed by atoms with van der Waals surface area (Å²) in [6.07, 6.45) is 0. The van der Waals surface area contributed by atoms with Crippen LogP contribution in [0.5, 0.6) is 0 Å². The fourth-order valence-corrected chi connectivity index (χ4v) is 3.29. The maximum Gasteiger partial charge on any atom is 0.275 e. The van der Waals surface area contributed by atoms with Crippen LogP contribution >= 0.6 is 33.9 Å². The monoisotopic (exact) mass is 438 g/mol. The number of nitrogens with zero attached hydrogens (tertiary/aromatic N) is 3. The van der Waals surface area contributed by atoms with Gasteiger partial charge in [0, 0.05) is 21.1 Å². The zero-order chi connectivity index (χ0) is 16.4. The quantitative estimate of drug-likeness (QED) is 0.622. The molecule has 3 rings (SSSR count). The number of benzene rings is 1. The van der Waals surface area contributed by atoms with Crippen LogP contribution in [0.3, 0.4) is 0 Å². The highest BCUT2D eigenvalue weighted by atomic mass is 127. The van der Waals surface area contributed by atoms with Crippen molar-refractivity contribution in [2.75, 3.05) is 5.32 Å². The van der Waals surface area contributed by atoms with Crippen LogP contribution in [0.15, 0.2) is 35.7 Å². The van der Waals surface area contributed by atoms with E-state index < -0.39 is 0 Å². The summed E-state index contributed by atoms with van der Waals surface area (Å²) in [7, 11) is 0. The molecule has 7 heteroatoms. The van der Waals surface area contributed by atoms with Gasteiger partial charge in [0.25, 0.3) is 5.91 Å². The van der Waals surface area contributed by atoms with E-state index in [1.165, 1.54) is 14.9 Å². The van der Waals surface area contributed by atoms with Gasteiger partial charge in [0.1, 0.15) is 5.69 Å². The number of aromatic nitrogens is 3. The number of amides is 1. The minimum absolute atomic E-state index is 0.184. The maximum absolute atomic E-state index is 12.4. The molecule has 0 spiro atoms. The summed E-state index contributed by atoms with van der Waals surface area (Å²) >= 11 is 3.69. The first kappa shape index (κ1) is 16.1. The molecule has 0 saturated heterocycles. The van der Waals surface area contributed by atoms with Gasteiger partial charge in [-0.1, -0.05) is 12.1 Å². The molecule has 0 aliphatic carbocycles. The van der Waals surface area contributed by atoms with E-state index in [1.54, 1.807) is 10.7 Å². The van der Waals surface area contributed by atoms with Crippen molar-refractivity contribution in [3.05, 3.63) is 50.7 Å². The molecule has 3 aromatic rings. The van der Waals surface area contributed by atoms with Crippen LogP contribution in [-0.4, -0.2) is 20.7 Å². The molecular formula is C16H15IN4OS. The molecule has 2 aromatic heterocycles. The summed E-state index contributed by atoms with van der Waals surface area (Å²) in [5.41, 5.74) is 3.28. The van der Waals surface area contributed by atoms with Crippen LogP contribution < -0.4 is 5.32 Å². The van der Waals surface area contributed by atoms with E-state index in [1.807, 2.05) is 43.5 Å². The van der Waals surface area contributed by atoms with Gasteiger partial charge >= 0.3 is 0 Å². The first-order valence-electron chi connectivity index (χ1n) is 7.14. The Balaban J connectivity index is 1.78. The van der Waals surface area contributed by atoms with Crippen molar-refractivity contribution < 1.29 is 4.79 Å². The topological polar surface area (TPSA) is 59.8 Å². The Labute approximate surface area is 151 Å². The van der Waals surface area contributed by atoms with Crippen molar-refractivity contribution in [1.82, 2.24) is 14.8 Å². The van der Waals surface area contributed by atoms with Crippen molar-refractivity contribution in [3.63, 3.8) is 0 Å². The lowest BCUT2D eigenvalue weighted by atomic mass is 10.2. The van der Waals surface area contributed by atoms with Crippen LogP contribution in [-0.2, 0) is 6.54 Å². The Morgan fingerprint density at radius 1 is 1.35 bits per heavy atom. The van der Waals surface area contributed by atoms with Crippen LogP contribution in [0.25, 0.3) is 11.3 Å². The molecule has 0 aliphatic heterocycles. The van der Waals surface area contributed by atoms with Crippen LogP contribution in [0.4, 0.5) is 5.13 Å². The molecule has 0 fully saturated rings. The smallest absolute Gasteiger partial charge is 0.275 e. The summed E-state index contributed by atoms with van der Waals surface area (Å²) in [4.78, 5) is 16.9. The molecule has 1 amide bonds. The molecular weight excluding hydrogens is 423 g/mol. The largest absolute Gasteiger partial charge is 0.296 e. The zero-order valence-electron chi connectivity index (χ0n) is 12.7. The van der Waals surface area contributed by atoms with Crippen molar-refractivity contribution >= 4 is 45.0 Å².